The molecule has 0 saturated carbocycles. The molecule has 0 radical (unpaired) electrons. The van der Waals surface area contributed by atoms with E-state index in [1.807, 2.05) is 42.2 Å². The fourth-order valence-corrected chi connectivity index (χ4v) is 3.61. The number of H-pyrrole nitrogens is 1. The third-order valence-corrected chi connectivity index (χ3v) is 5.40. The molecule has 0 aliphatic carbocycles. The summed E-state index contributed by atoms with van der Waals surface area (Å²) in [6, 6.07) is 10.0. The predicted molar refractivity (Wildman–Crippen MR) is 116 cm³/mol. The van der Waals surface area contributed by atoms with E-state index >= 15 is 0 Å². The zero-order valence-corrected chi connectivity index (χ0v) is 17.5. The molecule has 3 N–H and O–H groups in total. The minimum absolute atomic E-state index is 0.0183. The van der Waals surface area contributed by atoms with Crippen LogP contribution in [0.1, 0.15) is 42.5 Å². The van der Waals surface area contributed by atoms with Crippen molar-refractivity contribution in [3.05, 3.63) is 47.3 Å². The first kappa shape index (κ1) is 19.4. The van der Waals surface area contributed by atoms with Crippen molar-refractivity contribution in [2.75, 3.05) is 31.5 Å². The molecule has 152 valence electrons. The highest BCUT2D eigenvalue weighted by Gasteiger charge is 2.24. The number of carbonyl (C=O) groups excluding carboxylic acids is 1. The van der Waals surface area contributed by atoms with Crippen LogP contribution in [-0.2, 0) is 5.41 Å². The molecule has 4 rings (SSSR count). The second-order valence-corrected chi connectivity index (χ2v) is 8.56. The molecule has 1 amide bonds. The monoisotopic (exact) mass is 392 g/mol. The summed E-state index contributed by atoms with van der Waals surface area (Å²) in [6.07, 6.45) is 0. The van der Waals surface area contributed by atoms with Crippen LogP contribution in [0.5, 0.6) is 0 Å². The van der Waals surface area contributed by atoms with Gasteiger partial charge in [-0.3, -0.25) is 9.89 Å². The SMILES string of the molecule is Cc1c(C(=O)N2CCNCC2)nc(Nc2cc(C(C)(C)C)[nH]n2)c2ccccc12. The molecule has 7 nitrogen and oxygen atoms in total. The Morgan fingerprint density at radius 3 is 2.48 bits per heavy atom. The standard InChI is InChI=1S/C22H28N6O/c1-14-15-7-5-6-8-16(15)20(24-18-13-17(26-27-18)22(2,3)4)25-19(14)21(29)28-11-9-23-10-12-28/h5-8,13,23H,9-12H2,1-4H3,(H2,24,25,26,27). The van der Waals surface area contributed by atoms with Gasteiger partial charge in [0.25, 0.3) is 5.91 Å². The van der Waals surface area contributed by atoms with Crippen LogP contribution in [0.3, 0.4) is 0 Å². The number of aryl methyl sites for hydroxylation is 1. The van der Waals surface area contributed by atoms with Gasteiger partial charge < -0.3 is 15.5 Å². The molecule has 29 heavy (non-hydrogen) atoms. The van der Waals surface area contributed by atoms with Crippen molar-refractivity contribution >= 4 is 28.3 Å². The Hall–Kier alpha value is -2.93. The van der Waals surface area contributed by atoms with Gasteiger partial charge in [-0.25, -0.2) is 4.98 Å². The van der Waals surface area contributed by atoms with E-state index in [1.54, 1.807) is 0 Å². The highest BCUT2D eigenvalue weighted by Crippen LogP contribution is 2.30. The maximum Gasteiger partial charge on any atom is 0.272 e. The maximum atomic E-state index is 13.2. The molecule has 3 aromatic rings. The number of benzene rings is 1. The number of nitrogens with one attached hydrogen (secondary N) is 3. The van der Waals surface area contributed by atoms with Gasteiger partial charge >= 0.3 is 0 Å². The van der Waals surface area contributed by atoms with Crippen molar-refractivity contribution in [1.29, 1.82) is 0 Å². The first-order valence-electron chi connectivity index (χ1n) is 10.1. The number of amides is 1. The van der Waals surface area contributed by atoms with Crippen molar-refractivity contribution in [2.45, 2.75) is 33.1 Å². The van der Waals surface area contributed by atoms with Crippen LogP contribution in [0.2, 0.25) is 0 Å². The molecule has 1 aromatic carbocycles. The molecule has 1 aliphatic heterocycles. The van der Waals surface area contributed by atoms with Crippen molar-refractivity contribution in [2.24, 2.45) is 0 Å². The van der Waals surface area contributed by atoms with Crippen molar-refractivity contribution in [3.8, 4) is 0 Å². The number of fused-ring (bicyclic) bond motifs is 1. The van der Waals surface area contributed by atoms with Gasteiger partial charge in [0, 0.05) is 48.7 Å². The van der Waals surface area contributed by atoms with Gasteiger partial charge in [0.2, 0.25) is 0 Å². The molecule has 2 aromatic heterocycles. The Labute approximate surface area is 170 Å². The number of hydrogen-bond donors (Lipinski definition) is 3. The Balaban J connectivity index is 1.75. The molecule has 1 saturated heterocycles. The fourth-order valence-electron chi connectivity index (χ4n) is 3.61. The van der Waals surface area contributed by atoms with Gasteiger partial charge in [-0.2, -0.15) is 5.10 Å². The fraction of sp³-hybridized carbons (Fsp3) is 0.409. The van der Waals surface area contributed by atoms with E-state index in [4.69, 9.17) is 4.98 Å². The first-order chi connectivity index (χ1) is 13.8. The first-order valence-corrected chi connectivity index (χ1v) is 10.1. The zero-order valence-electron chi connectivity index (χ0n) is 17.5. The molecule has 0 bridgehead atoms. The van der Waals surface area contributed by atoms with E-state index in [1.165, 1.54) is 0 Å². The van der Waals surface area contributed by atoms with E-state index < -0.39 is 0 Å². The molecule has 0 unspecified atom stereocenters. The quantitative estimate of drug-likeness (QED) is 0.636. The maximum absolute atomic E-state index is 13.2. The second kappa shape index (κ2) is 7.48. The summed E-state index contributed by atoms with van der Waals surface area (Å²) in [5, 5.41) is 16.1. The topological polar surface area (TPSA) is 85.9 Å². The van der Waals surface area contributed by atoms with Crippen molar-refractivity contribution in [3.63, 3.8) is 0 Å². The summed E-state index contributed by atoms with van der Waals surface area (Å²) in [7, 11) is 0. The van der Waals surface area contributed by atoms with Gasteiger partial charge in [0.1, 0.15) is 11.5 Å². The lowest BCUT2D eigenvalue weighted by Gasteiger charge is -2.28. The lowest BCUT2D eigenvalue weighted by molar-refractivity contribution is 0.0729. The second-order valence-electron chi connectivity index (χ2n) is 8.56. The number of aromatic amines is 1. The third kappa shape index (κ3) is 3.82. The van der Waals surface area contributed by atoms with Crippen LogP contribution in [0, 0.1) is 6.92 Å². The number of piperazine rings is 1. The molecule has 1 fully saturated rings. The van der Waals surface area contributed by atoms with Gasteiger partial charge in [0.05, 0.1) is 0 Å². The van der Waals surface area contributed by atoms with Crippen molar-refractivity contribution in [1.82, 2.24) is 25.4 Å². The highest BCUT2D eigenvalue weighted by atomic mass is 16.2. The predicted octanol–water partition coefficient (Wildman–Crippen LogP) is 3.35. The number of anilines is 2. The Morgan fingerprint density at radius 1 is 1.14 bits per heavy atom. The zero-order chi connectivity index (χ0) is 20.6. The Bertz CT molecular complexity index is 1040. The molecule has 7 heteroatoms. The van der Waals surface area contributed by atoms with Crippen LogP contribution < -0.4 is 10.6 Å². The van der Waals surface area contributed by atoms with E-state index in [9.17, 15) is 4.79 Å². The Morgan fingerprint density at radius 2 is 1.83 bits per heavy atom. The van der Waals surface area contributed by atoms with Crippen LogP contribution >= 0.6 is 0 Å². The Kier molecular flexibility index (Phi) is 5.00. The molecule has 0 atom stereocenters. The summed E-state index contributed by atoms with van der Waals surface area (Å²) in [6.45, 7) is 11.4. The summed E-state index contributed by atoms with van der Waals surface area (Å²) in [5.74, 6) is 1.32. The molecular formula is C22H28N6O. The summed E-state index contributed by atoms with van der Waals surface area (Å²) >= 11 is 0. The minimum Gasteiger partial charge on any atom is -0.335 e. The molecule has 0 spiro atoms. The molecule has 3 heterocycles. The van der Waals surface area contributed by atoms with Gasteiger partial charge in [-0.15, -0.1) is 0 Å². The van der Waals surface area contributed by atoms with Crippen LogP contribution in [0.25, 0.3) is 10.8 Å². The number of rotatable bonds is 3. The summed E-state index contributed by atoms with van der Waals surface area (Å²) in [4.78, 5) is 19.8. The van der Waals surface area contributed by atoms with Gasteiger partial charge in [-0.1, -0.05) is 45.0 Å². The van der Waals surface area contributed by atoms with E-state index in [2.05, 4.69) is 41.6 Å². The molecular weight excluding hydrogens is 364 g/mol. The van der Waals surface area contributed by atoms with Crippen LogP contribution in [0.4, 0.5) is 11.6 Å². The largest absolute Gasteiger partial charge is 0.335 e. The highest BCUT2D eigenvalue weighted by molar-refractivity contribution is 6.03. The van der Waals surface area contributed by atoms with E-state index in [-0.39, 0.29) is 11.3 Å². The minimum atomic E-state index is -0.0286. The number of hydrogen-bond acceptors (Lipinski definition) is 5. The number of carbonyl (C=O) groups is 1. The average molecular weight is 393 g/mol. The summed E-state index contributed by atoms with van der Waals surface area (Å²) in [5.41, 5.74) is 2.42. The number of pyridine rings is 1. The van der Waals surface area contributed by atoms with Gasteiger partial charge in [-0.05, 0) is 17.9 Å². The smallest absolute Gasteiger partial charge is 0.272 e. The number of aromatic nitrogens is 3. The normalized spacial score (nSPS) is 15.0. The van der Waals surface area contributed by atoms with Gasteiger partial charge in [0.15, 0.2) is 5.82 Å². The lowest BCUT2D eigenvalue weighted by Crippen LogP contribution is -2.46. The average Bonchev–Trinajstić information content (AvgIpc) is 3.19. The molecule has 1 aliphatic rings. The lowest BCUT2D eigenvalue weighted by atomic mass is 9.92. The van der Waals surface area contributed by atoms with Crippen LogP contribution in [-0.4, -0.2) is 52.2 Å². The summed E-state index contributed by atoms with van der Waals surface area (Å²) < 4.78 is 0. The van der Waals surface area contributed by atoms with Crippen molar-refractivity contribution < 1.29 is 4.79 Å². The van der Waals surface area contributed by atoms with E-state index in [0.717, 1.165) is 35.1 Å². The van der Waals surface area contributed by atoms with Crippen LogP contribution in [0.15, 0.2) is 30.3 Å². The third-order valence-electron chi connectivity index (χ3n) is 5.40. The number of nitrogens with zero attached hydrogens (tertiary/aromatic N) is 3. The van der Waals surface area contributed by atoms with E-state index in [0.29, 0.717) is 30.4 Å².